The summed E-state index contributed by atoms with van der Waals surface area (Å²) < 4.78 is 11.9. The standard InChI is InChI=1S/C17H24N2O4S/c1-2-24(23)15-5-3-4-14(10-15)19-17(22)18-11-12-6-8-13(9-7-12)16(20)21/h6-9,14-15H,2-5,10-11H2,1H3,(H,20,21)(H2,18,19,22). The number of nitrogens with one attached hydrogen (secondary N) is 2. The topological polar surface area (TPSA) is 95.5 Å². The zero-order valence-electron chi connectivity index (χ0n) is 13.8. The van der Waals surface area contributed by atoms with Crippen LogP contribution in [-0.2, 0) is 17.3 Å². The third-order valence-corrected chi connectivity index (χ3v) is 6.01. The molecule has 1 saturated carbocycles. The maximum absolute atomic E-state index is 12.0. The Morgan fingerprint density at radius 3 is 2.58 bits per heavy atom. The lowest BCUT2D eigenvalue weighted by Gasteiger charge is -2.29. The lowest BCUT2D eigenvalue weighted by Crippen LogP contribution is -2.45. The molecule has 1 aromatic carbocycles. The lowest BCUT2D eigenvalue weighted by atomic mass is 9.95. The van der Waals surface area contributed by atoms with Crippen LogP contribution < -0.4 is 10.6 Å². The van der Waals surface area contributed by atoms with Gasteiger partial charge in [-0.15, -0.1) is 0 Å². The molecule has 7 heteroatoms. The zero-order valence-corrected chi connectivity index (χ0v) is 14.6. The Bertz CT molecular complexity index is 603. The van der Waals surface area contributed by atoms with Crippen molar-refractivity contribution >= 4 is 22.8 Å². The van der Waals surface area contributed by atoms with Gasteiger partial charge in [-0.25, -0.2) is 9.59 Å². The lowest BCUT2D eigenvalue weighted by molar-refractivity contribution is 0.0697. The number of urea groups is 1. The fourth-order valence-corrected chi connectivity index (χ4v) is 4.28. The average molecular weight is 352 g/mol. The van der Waals surface area contributed by atoms with Crippen LogP contribution in [0.15, 0.2) is 24.3 Å². The SMILES string of the molecule is CCS(=O)C1CCCC(NC(=O)NCc2ccc(C(=O)O)cc2)C1. The fraction of sp³-hybridized carbons (Fsp3) is 0.529. The Morgan fingerprint density at radius 1 is 1.25 bits per heavy atom. The molecule has 1 aliphatic rings. The number of carboxylic acids is 1. The second-order valence-electron chi connectivity index (χ2n) is 5.98. The van der Waals surface area contributed by atoms with Crippen LogP contribution >= 0.6 is 0 Å². The fourth-order valence-electron chi connectivity index (χ4n) is 2.93. The van der Waals surface area contributed by atoms with E-state index in [-0.39, 0.29) is 22.9 Å². The number of carboxylic acid groups (broad SMARTS) is 1. The van der Waals surface area contributed by atoms with Crippen LogP contribution in [0.4, 0.5) is 4.79 Å². The molecule has 3 N–H and O–H groups in total. The predicted molar refractivity (Wildman–Crippen MR) is 93.5 cm³/mol. The van der Waals surface area contributed by atoms with Gasteiger partial charge in [0.1, 0.15) is 0 Å². The molecule has 0 radical (unpaired) electrons. The van der Waals surface area contributed by atoms with E-state index in [1.807, 2.05) is 6.92 Å². The summed E-state index contributed by atoms with van der Waals surface area (Å²) in [5.74, 6) is -0.306. The minimum atomic E-state index is -0.969. The van der Waals surface area contributed by atoms with Crippen LogP contribution in [-0.4, -0.2) is 38.4 Å². The van der Waals surface area contributed by atoms with Crippen molar-refractivity contribution in [2.75, 3.05) is 5.75 Å². The van der Waals surface area contributed by atoms with Gasteiger partial charge in [-0.2, -0.15) is 0 Å². The highest BCUT2D eigenvalue weighted by Crippen LogP contribution is 2.22. The van der Waals surface area contributed by atoms with Gasteiger partial charge in [-0.3, -0.25) is 4.21 Å². The van der Waals surface area contributed by atoms with Crippen LogP contribution in [0.1, 0.15) is 48.5 Å². The maximum atomic E-state index is 12.0. The highest BCUT2D eigenvalue weighted by atomic mass is 32.2. The normalized spacial score (nSPS) is 21.7. The van der Waals surface area contributed by atoms with E-state index in [4.69, 9.17) is 5.11 Å². The highest BCUT2D eigenvalue weighted by Gasteiger charge is 2.26. The van der Waals surface area contributed by atoms with Gasteiger partial charge in [0.25, 0.3) is 0 Å². The van der Waals surface area contributed by atoms with Crippen molar-refractivity contribution in [3.8, 4) is 0 Å². The summed E-state index contributed by atoms with van der Waals surface area (Å²) >= 11 is 0. The van der Waals surface area contributed by atoms with Crippen molar-refractivity contribution in [1.82, 2.24) is 10.6 Å². The monoisotopic (exact) mass is 352 g/mol. The molecule has 132 valence electrons. The summed E-state index contributed by atoms with van der Waals surface area (Å²) in [6.07, 6.45) is 3.63. The van der Waals surface area contributed by atoms with Crippen molar-refractivity contribution in [2.45, 2.75) is 50.4 Å². The van der Waals surface area contributed by atoms with Gasteiger partial charge in [-0.1, -0.05) is 25.5 Å². The first kappa shape index (κ1) is 18.4. The number of amides is 2. The molecule has 3 unspecified atom stereocenters. The molecule has 6 nitrogen and oxygen atoms in total. The van der Waals surface area contributed by atoms with Gasteiger partial charge >= 0.3 is 12.0 Å². The summed E-state index contributed by atoms with van der Waals surface area (Å²) in [4.78, 5) is 22.8. The van der Waals surface area contributed by atoms with Crippen LogP contribution in [0.2, 0.25) is 0 Å². The van der Waals surface area contributed by atoms with E-state index in [0.717, 1.165) is 31.2 Å². The van der Waals surface area contributed by atoms with E-state index in [0.29, 0.717) is 12.3 Å². The van der Waals surface area contributed by atoms with Gasteiger partial charge in [-0.05, 0) is 37.0 Å². The van der Waals surface area contributed by atoms with E-state index in [1.165, 1.54) is 12.1 Å². The molecular weight excluding hydrogens is 328 g/mol. The van der Waals surface area contributed by atoms with Crippen molar-refractivity contribution in [3.05, 3.63) is 35.4 Å². The summed E-state index contributed by atoms with van der Waals surface area (Å²) in [5, 5.41) is 14.8. The molecule has 0 heterocycles. The molecular formula is C17H24N2O4S. The Labute approximate surface area is 144 Å². The molecule has 1 fully saturated rings. The summed E-state index contributed by atoms with van der Waals surface area (Å²) in [6.45, 7) is 2.26. The molecule has 24 heavy (non-hydrogen) atoms. The van der Waals surface area contributed by atoms with E-state index in [2.05, 4.69) is 10.6 Å². The van der Waals surface area contributed by atoms with Crippen molar-refractivity contribution in [2.24, 2.45) is 0 Å². The van der Waals surface area contributed by atoms with Crippen molar-refractivity contribution in [1.29, 1.82) is 0 Å². The van der Waals surface area contributed by atoms with E-state index in [9.17, 15) is 13.8 Å². The predicted octanol–water partition coefficient (Wildman–Crippen LogP) is 2.26. The minimum Gasteiger partial charge on any atom is -0.478 e. The zero-order chi connectivity index (χ0) is 17.5. The molecule has 0 aliphatic heterocycles. The minimum absolute atomic E-state index is 0.0636. The quantitative estimate of drug-likeness (QED) is 0.732. The van der Waals surface area contributed by atoms with E-state index < -0.39 is 16.8 Å². The summed E-state index contributed by atoms with van der Waals surface area (Å²) in [5.41, 5.74) is 1.06. The molecule has 0 spiro atoms. The first-order valence-electron chi connectivity index (χ1n) is 8.23. The molecule has 0 aromatic heterocycles. The van der Waals surface area contributed by atoms with Crippen LogP contribution in [0.3, 0.4) is 0 Å². The van der Waals surface area contributed by atoms with Crippen LogP contribution in [0, 0.1) is 0 Å². The van der Waals surface area contributed by atoms with Crippen molar-refractivity contribution in [3.63, 3.8) is 0 Å². The Hall–Kier alpha value is -1.89. The number of carbonyl (C=O) groups excluding carboxylic acids is 1. The molecule has 3 atom stereocenters. The van der Waals surface area contributed by atoms with Crippen molar-refractivity contribution < 1.29 is 18.9 Å². The third-order valence-electron chi connectivity index (χ3n) is 4.27. The number of rotatable bonds is 6. The van der Waals surface area contributed by atoms with Gasteiger partial charge in [0.15, 0.2) is 0 Å². The van der Waals surface area contributed by atoms with E-state index in [1.54, 1.807) is 12.1 Å². The van der Waals surface area contributed by atoms with E-state index >= 15 is 0 Å². The first-order chi connectivity index (χ1) is 11.5. The first-order valence-corrected chi connectivity index (χ1v) is 9.61. The highest BCUT2D eigenvalue weighted by molar-refractivity contribution is 7.85. The summed E-state index contributed by atoms with van der Waals surface area (Å²) in [6, 6.07) is 6.22. The van der Waals surface area contributed by atoms with Crippen LogP contribution in [0.25, 0.3) is 0 Å². The summed E-state index contributed by atoms with van der Waals surface area (Å²) in [7, 11) is -0.808. The number of hydrogen-bond acceptors (Lipinski definition) is 3. The van der Waals surface area contributed by atoms with Gasteiger partial charge < -0.3 is 15.7 Å². The number of hydrogen-bond donors (Lipinski definition) is 3. The molecule has 1 aromatic rings. The van der Waals surface area contributed by atoms with Gasteiger partial charge in [0, 0.05) is 34.4 Å². The number of aromatic carboxylic acids is 1. The van der Waals surface area contributed by atoms with Gasteiger partial charge in [0.2, 0.25) is 0 Å². The van der Waals surface area contributed by atoms with Crippen LogP contribution in [0.5, 0.6) is 0 Å². The molecule has 2 amide bonds. The second kappa shape index (κ2) is 8.82. The Kier molecular flexibility index (Phi) is 6.78. The molecule has 0 bridgehead atoms. The second-order valence-corrected chi connectivity index (χ2v) is 7.99. The number of carbonyl (C=O) groups is 2. The molecule has 2 rings (SSSR count). The smallest absolute Gasteiger partial charge is 0.335 e. The largest absolute Gasteiger partial charge is 0.478 e. The number of benzene rings is 1. The Morgan fingerprint density at radius 2 is 1.96 bits per heavy atom. The van der Waals surface area contributed by atoms with Gasteiger partial charge in [0.05, 0.1) is 5.56 Å². The third kappa shape index (κ3) is 5.33. The molecule has 1 aliphatic carbocycles. The Balaban J connectivity index is 1.78. The average Bonchev–Trinajstić information content (AvgIpc) is 2.59. The maximum Gasteiger partial charge on any atom is 0.335 e. The molecule has 0 saturated heterocycles.